The number of rotatable bonds is 4. The van der Waals surface area contributed by atoms with Crippen molar-refractivity contribution in [1.29, 1.82) is 0 Å². The number of ketones is 1. The standard InChI is InChI=1S/C11H12BrClO/c1-2-3-4-11(14)9-6-5-8(12)7-10(9)13/h5-7H,2-4H2,1H3. The van der Waals surface area contributed by atoms with Gasteiger partial charge in [-0.1, -0.05) is 40.9 Å². The van der Waals surface area contributed by atoms with Crippen LogP contribution in [0.1, 0.15) is 36.5 Å². The fraction of sp³-hybridized carbons (Fsp3) is 0.364. The molecule has 0 unspecified atom stereocenters. The van der Waals surface area contributed by atoms with Crippen molar-refractivity contribution in [2.45, 2.75) is 26.2 Å². The SMILES string of the molecule is CCCCC(=O)c1ccc(Br)cc1Cl. The van der Waals surface area contributed by atoms with E-state index in [9.17, 15) is 4.79 Å². The van der Waals surface area contributed by atoms with Gasteiger partial charge >= 0.3 is 0 Å². The van der Waals surface area contributed by atoms with Gasteiger partial charge in [-0.2, -0.15) is 0 Å². The van der Waals surface area contributed by atoms with Crippen LogP contribution in [0.3, 0.4) is 0 Å². The van der Waals surface area contributed by atoms with E-state index in [0.29, 0.717) is 17.0 Å². The zero-order chi connectivity index (χ0) is 10.6. The monoisotopic (exact) mass is 274 g/mol. The van der Waals surface area contributed by atoms with Crippen molar-refractivity contribution >= 4 is 33.3 Å². The lowest BCUT2D eigenvalue weighted by Gasteiger charge is -2.02. The van der Waals surface area contributed by atoms with Gasteiger partial charge in [-0.15, -0.1) is 0 Å². The highest BCUT2D eigenvalue weighted by molar-refractivity contribution is 9.10. The number of carbonyl (C=O) groups excluding carboxylic acids is 1. The number of hydrogen-bond donors (Lipinski definition) is 0. The summed E-state index contributed by atoms with van der Waals surface area (Å²) in [7, 11) is 0. The van der Waals surface area contributed by atoms with E-state index in [1.807, 2.05) is 6.07 Å². The number of hydrogen-bond acceptors (Lipinski definition) is 1. The van der Waals surface area contributed by atoms with E-state index in [1.165, 1.54) is 0 Å². The summed E-state index contributed by atoms with van der Waals surface area (Å²) in [4.78, 5) is 11.6. The first-order valence-electron chi connectivity index (χ1n) is 4.63. The Morgan fingerprint density at radius 3 is 2.79 bits per heavy atom. The molecule has 14 heavy (non-hydrogen) atoms. The van der Waals surface area contributed by atoms with Gasteiger partial charge in [-0.05, 0) is 24.6 Å². The van der Waals surface area contributed by atoms with Crippen molar-refractivity contribution in [2.24, 2.45) is 0 Å². The van der Waals surface area contributed by atoms with Gasteiger partial charge in [0.25, 0.3) is 0 Å². The quantitative estimate of drug-likeness (QED) is 0.741. The van der Waals surface area contributed by atoms with Crippen LogP contribution in [0.4, 0.5) is 0 Å². The maximum atomic E-state index is 11.6. The zero-order valence-electron chi connectivity index (χ0n) is 8.02. The predicted molar refractivity (Wildman–Crippen MR) is 63.0 cm³/mol. The Morgan fingerprint density at radius 1 is 1.50 bits per heavy atom. The number of carbonyl (C=O) groups is 1. The summed E-state index contributed by atoms with van der Waals surface area (Å²) >= 11 is 9.25. The molecule has 0 N–H and O–H groups in total. The molecular weight excluding hydrogens is 263 g/mol. The van der Waals surface area contributed by atoms with Crippen molar-refractivity contribution in [3.63, 3.8) is 0 Å². The van der Waals surface area contributed by atoms with E-state index in [0.717, 1.165) is 17.3 Å². The van der Waals surface area contributed by atoms with E-state index in [2.05, 4.69) is 22.9 Å². The Kier molecular flexibility index (Phi) is 4.63. The molecule has 0 aliphatic heterocycles. The highest BCUT2D eigenvalue weighted by atomic mass is 79.9. The number of unbranched alkanes of at least 4 members (excludes halogenated alkanes) is 1. The molecule has 0 spiro atoms. The van der Waals surface area contributed by atoms with Gasteiger partial charge in [0.2, 0.25) is 0 Å². The molecule has 0 aliphatic carbocycles. The summed E-state index contributed by atoms with van der Waals surface area (Å²) in [5.41, 5.74) is 0.628. The largest absolute Gasteiger partial charge is 0.294 e. The molecule has 0 aromatic heterocycles. The van der Waals surface area contributed by atoms with Crippen LogP contribution in [0.15, 0.2) is 22.7 Å². The maximum Gasteiger partial charge on any atom is 0.164 e. The van der Waals surface area contributed by atoms with Crippen LogP contribution in [0, 0.1) is 0 Å². The molecule has 76 valence electrons. The zero-order valence-corrected chi connectivity index (χ0v) is 10.4. The summed E-state index contributed by atoms with van der Waals surface area (Å²) in [6, 6.07) is 5.36. The smallest absolute Gasteiger partial charge is 0.164 e. The summed E-state index contributed by atoms with van der Waals surface area (Å²) in [6.07, 6.45) is 2.53. The summed E-state index contributed by atoms with van der Waals surface area (Å²) in [5, 5.41) is 0.528. The van der Waals surface area contributed by atoms with Crippen LogP contribution in [0.2, 0.25) is 5.02 Å². The fourth-order valence-corrected chi connectivity index (χ4v) is 1.97. The van der Waals surface area contributed by atoms with Crippen LogP contribution in [-0.4, -0.2) is 5.78 Å². The van der Waals surface area contributed by atoms with Crippen molar-refractivity contribution in [2.75, 3.05) is 0 Å². The van der Waals surface area contributed by atoms with Gasteiger partial charge in [-0.3, -0.25) is 4.79 Å². The third-order valence-electron chi connectivity index (χ3n) is 1.99. The molecule has 0 heterocycles. The van der Waals surface area contributed by atoms with E-state index in [-0.39, 0.29) is 5.78 Å². The minimum atomic E-state index is 0.129. The van der Waals surface area contributed by atoms with Crippen molar-refractivity contribution in [3.05, 3.63) is 33.3 Å². The molecule has 0 fully saturated rings. The molecule has 1 rings (SSSR count). The van der Waals surface area contributed by atoms with Gasteiger partial charge in [0.05, 0.1) is 5.02 Å². The molecule has 0 bridgehead atoms. The lowest BCUT2D eigenvalue weighted by Crippen LogP contribution is -1.99. The second-order valence-corrected chi connectivity index (χ2v) is 4.47. The normalized spacial score (nSPS) is 10.2. The highest BCUT2D eigenvalue weighted by Gasteiger charge is 2.09. The average Bonchev–Trinajstić information content (AvgIpc) is 2.14. The third kappa shape index (κ3) is 3.10. The molecule has 0 saturated carbocycles. The molecule has 0 saturated heterocycles. The Bertz CT molecular complexity index is 336. The van der Waals surface area contributed by atoms with Gasteiger partial charge in [0.1, 0.15) is 0 Å². The molecule has 0 atom stereocenters. The fourth-order valence-electron chi connectivity index (χ4n) is 1.19. The lowest BCUT2D eigenvalue weighted by atomic mass is 10.1. The Morgan fingerprint density at radius 2 is 2.21 bits per heavy atom. The Hall–Kier alpha value is -0.340. The molecule has 0 aliphatic rings. The first-order chi connectivity index (χ1) is 6.65. The third-order valence-corrected chi connectivity index (χ3v) is 2.79. The molecule has 1 aromatic carbocycles. The van der Waals surface area contributed by atoms with Crippen LogP contribution in [0.5, 0.6) is 0 Å². The number of benzene rings is 1. The van der Waals surface area contributed by atoms with E-state index in [1.54, 1.807) is 12.1 Å². The van der Waals surface area contributed by atoms with Crippen molar-refractivity contribution in [3.8, 4) is 0 Å². The number of halogens is 2. The minimum absolute atomic E-state index is 0.129. The van der Waals surface area contributed by atoms with Crippen molar-refractivity contribution < 1.29 is 4.79 Å². The van der Waals surface area contributed by atoms with Gasteiger partial charge in [-0.25, -0.2) is 0 Å². The number of Topliss-reactive ketones (excluding diaryl/α,β-unsaturated/α-hetero) is 1. The van der Waals surface area contributed by atoms with Crippen LogP contribution >= 0.6 is 27.5 Å². The van der Waals surface area contributed by atoms with Gasteiger partial charge in [0.15, 0.2) is 5.78 Å². The average molecular weight is 276 g/mol. The minimum Gasteiger partial charge on any atom is -0.294 e. The second kappa shape index (κ2) is 5.52. The van der Waals surface area contributed by atoms with Crippen LogP contribution in [0.25, 0.3) is 0 Å². The van der Waals surface area contributed by atoms with E-state index < -0.39 is 0 Å². The molecule has 1 aromatic rings. The molecule has 0 amide bonds. The van der Waals surface area contributed by atoms with Gasteiger partial charge in [0, 0.05) is 16.5 Å². The van der Waals surface area contributed by atoms with Crippen LogP contribution < -0.4 is 0 Å². The lowest BCUT2D eigenvalue weighted by molar-refractivity contribution is 0.0980. The molecule has 3 heteroatoms. The summed E-state index contributed by atoms with van der Waals surface area (Å²) in [5.74, 6) is 0.129. The maximum absolute atomic E-state index is 11.6. The van der Waals surface area contributed by atoms with E-state index in [4.69, 9.17) is 11.6 Å². The summed E-state index contributed by atoms with van der Waals surface area (Å²) < 4.78 is 0.898. The second-order valence-electron chi connectivity index (χ2n) is 3.15. The van der Waals surface area contributed by atoms with E-state index >= 15 is 0 Å². The van der Waals surface area contributed by atoms with Crippen LogP contribution in [-0.2, 0) is 0 Å². The van der Waals surface area contributed by atoms with Gasteiger partial charge < -0.3 is 0 Å². The molecular formula is C11H12BrClO. The Labute approximate surface area is 97.6 Å². The van der Waals surface area contributed by atoms with Crippen molar-refractivity contribution in [1.82, 2.24) is 0 Å². The first-order valence-corrected chi connectivity index (χ1v) is 5.80. The predicted octanol–water partition coefficient (Wildman–Crippen LogP) is 4.48. The summed E-state index contributed by atoms with van der Waals surface area (Å²) in [6.45, 7) is 2.07. The molecule has 1 nitrogen and oxygen atoms in total. The Balaban J connectivity index is 2.80. The first kappa shape index (κ1) is 11.7. The molecule has 0 radical (unpaired) electrons. The topological polar surface area (TPSA) is 17.1 Å². The highest BCUT2D eigenvalue weighted by Crippen LogP contribution is 2.22.